The quantitative estimate of drug-likeness (QED) is 0.0726. The molecular weight excluding hydrogens is 860 g/mol. The lowest BCUT2D eigenvalue weighted by Crippen LogP contribution is -2.74. The number of rotatable bonds is 20. The number of ketones is 1. The Hall–Kier alpha value is -5.56. The number of allylic oxidation sites excluding steroid dienone is 3. The Labute approximate surface area is 393 Å². The Morgan fingerprint density at radius 2 is 1.77 bits per heavy atom. The van der Waals surface area contributed by atoms with Gasteiger partial charge in [-0.1, -0.05) is 77.8 Å². The second-order valence-corrected chi connectivity index (χ2v) is 20.5. The predicted molar refractivity (Wildman–Crippen MR) is 252 cm³/mol. The fraction of sp³-hybridized carbons (Fsp3) is 0.540. The molecule has 2 heterocycles. The smallest absolute Gasteiger partial charge is 0.251 e. The van der Waals surface area contributed by atoms with Gasteiger partial charge in [-0.15, -0.1) is 0 Å². The van der Waals surface area contributed by atoms with Crippen molar-refractivity contribution in [2.45, 2.75) is 118 Å². The zero-order chi connectivity index (χ0) is 47.8. The van der Waals surface area contributed by atoms with E-state index in [2.05, 4.69) is 64.9 Å². The number of aliphatic hydroxyl groups excluding tert-OH is 1. The fourth-order valence-corrected chi connectivity index (χ4v) is 9.95. The normalized spacial score (nSPS) is 21.4. The molecule has 1 aromatic heterocycles. The molecule has 2 aromatic carbocycles. The third-order valence-electron chi connectivity index (χ3n) is 13.2. The maximum Gasteiger partial charge on any atom is 0.251 e. The number of benzene rings is 2. The van der Waals surface area contributed by atoms with Crippen molar-refractivity contribution >= 4 is 46.4 Å². The number of nitriles is 1. The molecule has 354 valence electrons. The number of unbranched alkanes of at least 4 members (excludes halogenated alkanes) is 2. The summed E-state index contributed by atoms with van der Waals surface area (Å²) in [5, 5.41) is 36.5. The number of anilines is 1. The molecule has 3 aliphatic rings. The van der Waals surface area contributed by atoms with Gasteiger partial charge in [0.15, 0.2) is 11.6 Å². The number of aromatic nitrogens is 3. The Morgan fingerprint density at radius 1 is 1.03 bits per heavy atom. The number of H-pyrrole nitrogens is 1. The lowest BCUT2D eigenvalue weighted by atomic mass is 9.49. The maximum absolute atomic E-state index is 14.0. The summed E-state index contributed by atoms with van der Waals surface area (Å²) in [4.78, 5) is 59.6. The summed E-state index contributed by atoms with van der Waals surface area (Å²) in [6.45, 7) is 15.4. The van der Waals surface area contributed by atoms with Gasteiger partial charge < -0.3 is 35.4 Å². The van der Waals surface area contributed by atoms with Crippen LogP contribution < -0.4 is 20.7 Å². The maximum atomic E-state index is 14.0. The topological polar surface area (TPSA) is 212 Å². The second-order valence-electron chi connectivity index (χ2n) is 20.0. The molecule has 0 unspecified atom stereocenters. The molecule has 2 aliphatic carbocycles. The first-order valence-corrected chi connectivity index (χ1v) is 23.3. The largest absolute Gasteiger partial charge is 0.489 e. The number of hydrogen-bond acceptors (Lipinski definition) is 11. The van der Waals surface area contributed by atoms with E-state index in [0.717, 1.165) is 61.3 Å². The van der Waals surface area contributed by atoms with Crippen LogP contribution in [0.1, 0.15) is 115 Å². The van der Waals surface area contributed by atoms with E-state index in [0.29, 0.717) is 35.1 Å². The van der Waals surface area contributed by atoms with E-state index in [-0.39, 0.29) is 72.5 Å². The van der Waals surface area contributed by atoms with Gasteiger partial charge in [-0.05, 0) is 79.5 Å². The van der Waals surface area contributed by atoms with Gasteiger partial charge in [0, 0.05) is 79.2 Å². The number of hydrogen-bond donors (Lipinski definition) is 5. The average molecular weight is 926 g/mol. The van der Waals surface area contributed by atoms with E-state index in [9.17, 15) is 29.5 Å². The number of halogens is 1. The standard InChI is InChI=1S/C50H65ClN8O7/c1-48(2,3)39(45(64)59-28-36(60)24-41(59)44(63)54-27-31-11-13-32(14-12-31)42-55-30-56-58-42)23-37(61)29-65-22-10-8-9-21-53-35-18-15-33(16-19-35)43(62)57-46-49(4,5)47(50(46,6)7)66-38-20-17-34(26-52)40(51)25-38/h11,13,15-20,25,30,36,39,41,46-47,53,60H,8-10,12,14,21-24,27-29H2,1-7H3,(H,54,63)(H,57,62)(H,55,56,58)/t36-,39-,41+,46?,47?/m1/s1. The van der Waals surface area contributed by atoms with Gasteiger partial charge in [-0.25, -0.2) is 4.98 Å². The molecule has 66 heavy (non-hydrogen) atoms. The lowest BCUT2D eigenvalue weighted by molar-refractivity contribution is -0.164. The van der Waals surface area contributed by atoms with Crippen molar-refractivity contribution in [2.75, 3.05) is 38.2 Å². The number of nitrogens with one attached hydrogen (secondary N) is 4. The van der Waals surface area contributed by atoms with Crippen molar-refractivity contribution in [3.63, 3.8) is 0 Å². The zero-order valence-electron chi connectivity index (χ0n) is 39.2. The van der Waals surface area contributed by atoms with Crippen molar-refractivity contribution in [1.29, 1.82) is 5.26 Å². The minimum absolute atomic E-state index is 0.0244. The van der Waals surface area contributed by atoms with E-state index < -0.39 is 23.5 Å². The van der Waals surface area contributed by atoms with E-state index >= 15 is 0 Å². The highest BCUT2D eigenvalue weighted by Crippen LogP contribution is 2.55. The van der Waals surface area contributed by atoms with Gasteiger partial charge >= 0.3 is 0 Å². The molecule has 15 nitrogen and oxygen atoms in total. The van der Waals surface area contributed by atoms with Crippen molar-refractivity contribution in [2.24, 2.45) is 22.2 Å². The Morgan fingerprint density at radius 3 is 2.41 bits per heavy atom. The lowest BCUT2D eigenvalue weighted by Gasteiger charge is -2.63. The van der Waals surface area contributed by atoms with Crippen LogP contribution in [0.15, 0.2) is 66.5 Å². The third kappa shape index (κ3) is 12.1. The minimum Gasteiger partial charge on any atom is -0.489 e. The van der Waals surface area contributed by atoms with E-state index in [1.165, 1.54) is 11.2 Å². The monoisotopic (exact) mass is 924 g/mol. The van der Waals surface area contributed by atoms with E-state index in [1.807, 2.05) is 57.2 Å². The molecule has 0 bridgehead atoms. The average Bonchev–Trinajstić information content (AvgIpc) is 3.97. The van der Waals surface area contributed by atoms with Crippen LogP contribution in [0.5, 0.6) is 5.75 Å². The van der Waals surface area contributed by atoms with Crippen molar-refractivity contribution in [3.8, 4) is 11.8 Å². The number of carbonyl (C=O) groups excluding carboxylic acids is 4. The summed E-state index contributed by atoms with van der Waals surface area (Å²) in [5.41, 5.74) is 2.61. The molecule has 0 spiro atoms. The van der Waals surface area contributed by atoms with Gasteiger partial charge in [0.1, 0.15) is 36.9 Å². The number of nitrogens with zero attached hydrogens (tertiary/aromatic N) is 4. The highest BCUT2D eigenvalue weighted by Gasteiger charge is 2.64. The van der Waals surface area contributed by atoms with E-state index in [4.69, 9.17) is 21.1 Å². The van der Waals surface area contributed by atoms with E-state index in [1.54, 1.807) is 18.2 Å². The molecule has 1 saturated heterocycles. The second kappa shape index (κ2) is 21.4. The predicted octanol–water partition coefficient (Wildman–Crippen LogP) is 7.04. The van der Waals surface area contributed by atoms with Gasteiger partial charge in [-0.3, -0.25) is 24.3 Å². The third-order valence-corrected chi connectivity index (χ3v) is 13.5. The summed E-state index contributed by atoms with van der Waals surface area (Å²) >= 11 is 6.24. The van der Waals surface area contributed by atoms with Crippen LogP contribution in [0.2, 0.25) is 5.02 Å². The van der Waals surface area contributed by atoms with Crippen LogP contribution in [0.4, 0.5) is 5.69 Å². The van der Waals surface area contributed by atoms with Crippen molar-refractivity contribution in [3.05, 3.63) is 88.5 Å². The number of ether oxygens (including phenoxy) is 2. The zero-order valence-corrected chi connectivity index (χ0v) is 40.0. The van der Waals surface area contributed by atoms with Crippen LogP contribution in [0, 0.1) is 33.5 Å². The number of aromatic amines is 1. The van der Waals surface area contributed by atoms with Crippen molar-refractivity contribution in [1.82, 2.24) is 30.7 Å². The Bertz CT molecular complexity index is 2300. The van der Waals surface area contributed by atoms with Crippen LogP contribution in [-0.2, 0) is 19.1 Å². The minimum atomic E-state index is -0.834. The first-order valence-electron chi connectivity index (χ1n) is 22.9. The Balaban J connectivity index is 0.873. The molecule has 3 atom stereocenters. The number of likely N-dealkylation sites (tertiary alicyclic amines) is 1. The van der Waals surface area contributed by atoms with Gasteiger partial charge in [-0.2, -0.15) is 10.4 Å². The number of carbonyl (C=O) groups is 4. The van der Waals surface area contributed by atoms with Gasteiger partial charge in [0.05, 0.1) is 16.7 Å². The number of β-amino-alcohol motifs (C(OH)–C–C–N with tert-alkyl or cyclic N) is 1. The highest BCUT2D eigenvalue weighted by atomic mass is 35.5. The summed E-state index contributed by atoms with van der Waals surface area (Å²) in [7, 11) is 0. The number of aliphatic hydroxyl groups is 1. The fourth-order valence-electron chi connectivity index (χ4n) is 9.73. The number of amides is 3. The SMILES string of the molecule is CC1(C)C(NC(=O)c2ccc(NCCCCCOCC(=O)C[C@H](C(=O)N3C[C@H](O)C[C@H]3C(=O)NCC3=CC=C(c4ncn[nH]4)CC3)C(C)(C)C)cc2)C(C)(C)C1Oc1ccc(C#N)c(Cl)c1. The summed E-state index contributed by atoms with van der Waals surface area (Å²) in [5.74, 6) is -0.372. The summed E-state index contributed by atoms with van der Waals surface area (Å²) < 4.78 is 12.1. The molecule has 16 heteroatoms. The summed E-state index contributed by atoms with van der Waals surface area (Å²) in [6, 6.07) is 13.5. The van der Waals surface area contributed by atoms with Crippen LogP contribution in [-0.4, -0.2) is 106 Å². The molecule has 3 amide bonds. The first-order chi connectivity index (χ1) is 31.3. The van der Waals surface area contributed by atoms with Crippen LogP contribution in [0.3, 0.4) is 0 Å². The Kier molecular flexibility index (Phi) is 16.2. The first kappa shape index (κ1) is 49.9. The molecule has 1 aliphatic heterocycles. The van der Waals surface area contributed by atoms with Crippen molar-refractivity contribution < 1.29 is 33.8 Å². The van der Waals surface area contributed by atoms with Crippen LogP contribution >= 0.6 is 11.6 Å². The molecule has 0 radical (unpaired) electrons. The van der Waals surface area contributed by atoms with Gasteiger partial charge in [0.2, 0.25) is 11.8 Å². The van der Waals surface area contributed by atoms with Gasteiger partial charge in [0.25, 0.3) is 5.91 Å². The molecular formula is C50H65ClN8O7. The molecule has 6 rings (SSSR count). The molecule has 5 N–H and O–H groups in total. The van der Waals surface area contributed by atoms with Crippen LogP contribution in [0.25, 0.3) is 5.57 Å². The number of Topliss-reactive ketones (excluding diaryl/α,β-unsaturated/α-hetero) is 1. The molecule has 3 aromatic rings. The molecule has 1 saturated carbocycles. The molecule has 2 fully saturated rings. The summed E-state index contributed by atoms with van der Waals surface area (Å²) in [6.07, 6.45) is 8.48. The highest BCUT2D eigenvalue weighted by molar-refractivity contribution is 6.31.